The number of ether oxygens (including phenoxy) is 1. The first kappa shape index (κ1) is 23.0. The third-order valence-electron chi connectivity index (χ3n) is 4.10. The highest BCUT2D eigenvalue weighted by molar-refractivity contribution is 7.89. The summed E-state index contributed by atoms with van der Waals surface area (Å²) in [6.45, 7) is 2.90. The van der Waals surface area contributed by atoms with Gasteiger partial charge in [0.05, 0.1) is 4.90 Å². The van der Waals surface area contributed by atoms with Crippen LogP contribution in [0.15, 0.2) is 53.4 Å². The number of benzene rings is 2. The maximum absolute atomic E-state index is 12.3. The molecule has 2 N–H and O–H groups in total. The first-order valence-corrected chi connectivity index (χ1v) is 10.4. The Hall–Kier alpha value is -3.24. The van der Waals surface area contributed by atoms with Crippen molar-refractivity contribution in [1.82, 2.24) is 15.2 Å². The number of hydrogen-bond donors (Lipinski definition) is 2. The Morgan fingerprint density at radius 3 is 2.23 bits per heavy atom. The molecule has 2 rings (SSSR count). The smallest absolute Gasteiger partial charge is 0.279 e. The predicted octanol–water partition coefficient (Wildman–Crippen LogP) is 1.37. The van der Waals surface area contributed by atoms with E-state index in [4.69, 9.17) is 4.74 Å². The third-order valence-corrected chi connectivity index (χ3v) is 5.91. The van der Waals surface area contributed by atoms with Crippen LogP contribution in [0.5, 0.6) is 5.75 Å². The summed E-state index contributed by atoms with van der Waals surface area (Å²) in [7, 11) is -0.931. The molecule has 30 heavy (non-hydrogen) atoms. The lowest BCUT2D eigenvalue weighted by atomic mass is 10.1. The molecule has 0 radical (unpaired) electrons. The standard InChI is InChI=1S/C20H23N3O6S/c1-13(24)15-7-5-9-17(11-15)29-14(2)19(25)21-22-20(26)16-8-6-10-18(12-16)30(27,28)23(3)4/h5-12,14H,1-4H3,(H,21,25)(H,22,26). The van der Waals surface area contributed by atoms with Gasteiger partial charge in [-0.15, -0.1) is 0 Å². The number of carbonyl (C=O) groups excluding carboxylic acids is 3. The summed E-state index contributed by atoms with van der Waals surface area (Å²) in [4.78, 5) is 35.9. The molecule has 0 fully saturated rings. The van der Waals surface area contributed by atoms with Crippen LogP contribution in [0.4, 0.5) is 0 Å². The van der Waals surface area contributed by atoms with Gasteiger partial charge in [0.25, 0.3) is 11.8 Å². The molecule has 9 nitrogen and oxygen atoms in total. The summed E-state index contributed by atoms with van der Waals surface area (Å²) < 4.78 is 30.9. The van der Waals surface area contributed by atoms with Gasteiger partial charge in [0.1, 0.15) is 5.75 Å². The highest BCUT2D eigenvalue weighted by Crippen LogP contribution is 2.16. The van der Waals surface area contributed by atoms with E-state index < -0.39 is 27.9 Å². The Labute approximate surface area is 175 Å². The second-order valence-corrected chi connectivity index (χ2v) is 8.75. The van der Waals surface area contributed by atoms with Crippen LogP contribution < -0.4 is 15.6 Å². The molecule has 0 aliphatic carbocycles. The molecule has 0 aliphatic rings. The van der Waals surface area contributed by atoms with Crippen molar-refractivity contribution >= 4 is 27.6 Å². The third kappa shape index (κ3) is 5.65. The zero-order chi connectivity index (χ0) is 22.5. The number of nitrogens with one attached hydrogen (secondary N) is 2. The van der Waals surface area contributed by atoms with Gasteiger partial charge in [-0.1, -0.05) is 18.2 Å². The molecule has 0 aromatic heterocycles. The van der Waals surface area contributed by atoms with Crippen molar-refractivity contribution in [1.29, 1.82) is 0 Å². The van der Waals surface area contributed by atoms with E-state index in [1.54, 1.807) is 18.2 Å². The van der Waals surface area contributed by atoms with Crippen molar-refractivity contribution in [2.45, 2.75) is 24.8 Å². The van der Waals surface area contributed by atoms with Crippen LogP contribution in [-0.2, 0) is 14.8 Å². The molecular formula is C20H23N3O6S. The molecule has 0 spiro atoms. The Kier molecular flexibility index (Phi) is 7.30. The van der Waals surface area contributed by atoms with Crippen LogP contribution in [-0.4, -0.2) is 50.5 Å². The highest BCUT2D eigenvalue weighted by Gasteiger charge is 2.20. The predicted molar refractivity (Wildman–Crippen MR) is 109 cm³/mol. The van der Waals surface area contributed by atoms with Crippen LogP contribution in [0.3, 0.4) is 0 Å². The van der Waals surface area contributed by atoms with Crippen molar-refractivity contribution in [3.05, 3.63) is 59.7 Å². The van der Waals surface area contributed by atoms with E-state index in [0.717, 1.165) is 4.31 Å². The van der Waals surface area contributed by atoms with Crippen LogP contribution >= 0.6 is 0 Å². The topological polar surface area (TPSA) is 122 Å². The van der Waals surface area contributed by atoms with E-state index in [1.807, 2.05) is 0 Å². The fourth-order valence-electron chi connectivity index (χ4n) is 2.35. The average molecular weight is 433 g/mol. The molecule has 2 aromatic carbocycles. The average Bonchev–Trinajstić information content (AvgIpc) is 2.71. The van der Waals surface area contributed by atoms with Crippen LogP contribution in [0.1, 0.15) is 34.6 Å². The lowest BCUT2D eigenvalue weighted by Crippen LogP contribution is -2.47. The first-order chi connectivity index (χ1) is 14.0. The molecule has 0 aliphatic heterocycles. The molecule has 1 atom stereocenters. The second kappa shape index (κ2) is 9.51. The van der Waals surface area contributed by atoms with E-state index in [0.29, 0.717) is 11.3 Å². The molecule has 2 amide bonds. The maximum Gasteiger partial charge on any atom is 0.279 e. The van der Waals surface area contributed by atoms with Crippen molar-refractivity contribution in [3.63, 3.8) is 0 Å². The summed E-state index contributed by atoms with van der Waals surface area (Å²) in [5.41, 5.74) is 4.95. The Morgan fingerprint density at radius 2 is 1.60 bits per heavy atom. The van der Waals surface area contributed by atoms with Gasteiger partial charge in [0.2, 0.25) is 10.0 Å². The molecule has 2 aromatic rings. The first-order valence-electron chi connectivity index (χ1n) is 8.93. The Bertz CT molecular complexity index is 1070. The molecule has 0 saturated carbocycles. The van der Waals surface area contributed by atoms with Gasteiger partial charge in [-0.3, -0.25) is 25.2 Å². The van der Waals surface area contributed by atoms with Crippen LogP contribution in [0.2, 0.25) is 0 Å². The fraction of sp³-hybridized carbons (Fsp3) is 0.250. The Morgan fingerprint density at radius 1 is 0.967 bits per heavy atom. The van der Waals surface area contributed by atoms with E-state index in [2.05, 4.69) is 10.9 Å². The van der Waals surface area contributed by atoms with Gasteiger partial charge in [-0.25, -0.2) is 12.7 Å². The number of ketones is 1. The van der Waals surface area contributed by atoms with Gasteiger partial charge < -0.3 is 4.74 Å². The van der Waals surface area contributed by atoms with Gasteiger partial charge in [0.15, 0.2) is 11.9 Å². The number of carbonyl (C=O) groups is 3. The number of sulfonamides is 1. The largest absolute Gasteiger partial charge is 0.481 e. The van der Waals surface area contributed by atoms with Crippen molar-refractivity contribution in [2.24, 2.45) is 0 Å². The fourth-order valence-corrected chi connectivity index (χ4v) is 3.29. The van der Waals surface area contributed by atoms with Crippen LogP contribution in [0, 0.1) is 0 Å². The van der Waals surface area contributed by atoms with Gasteiger partial charge in [0, 0.05) is 25.2 Å². The van der Waals surface area contributed by atoms with Gasteiger partial charge in [-0.2, -0.15) is 0 Å². The quantitative estimate of drug-likeness (QED) is 0.502. The minimum atomic E-state index is -3.70. The molecule has 1 unspecified atom stereocenters. The number of rotatable bonds is 7. The molecule has 10 heteroatoms. The van der Waals surface area contributed by atoms with Crippen molar-refractivity contribution < 1.29 is 27.5 Å². The SMILES string of the molecule is CC(=O)c1cccc(OC(C)C(=O)NNC(=O)c2cccc(S(=O)(=O)N(C)C)c2)c1. The zero-order valence-electron chi connectivity index (χ0n) is 17.0. The monoisotopic (exact) mass is 433 g/mol. The van der Waals surface area contributed by atoms with Gasteiger partial charge >= 0.3 is 0 Å². The molecule has 0 saturated heterocycles. The van der Waals surface area contributed by atoms with E-state index >= 15 is 0 Å². The summed E-state index contributed by atoms with van der Waals surface area (Å²) in [6.07, 6.45) is -0.965. The minimum absolute atomic E-state index is 0.0477. The summed E-state index contributed by atoms with van der Waals surface area (Å²) >= 11 is 0. The number of Topliss-reactive ketones (excluding diaryl/α,β-unsaturated/α-hetero) is 1. The summed E-state index contributed by atoms with van der Waals surface area (Å²) in [6, 6.07) is 11.8. The normalized spacial score (nSPS) is 12.2. The van der Waals surface area contributed by atoms with E-state index in [9.17, 15) is 22.8 Å². The maximum atomic E-state index is 12.3. The lowest BCUT2D eigenvalue weighted by molar-refractivity contribution is -0.128. The van der Waals surface area contributed by atoms with Gasteiger partial charge in [-0.05, 0) is 44.2 Å². The number of hydrogen-bond acceptors (Lipinski definition) is 6. The van der Waals surface area contributed by atoms with E-state index in [-0.39, 0.29) is 16.2 Å². The summed E-state index contributed by atoms with van der Waals surface area (Å²) in [5.74, 6) is -1.12. The summed E-state index contributed by atoms with van der Waals surface area (Å²) in [5, 5.41) is 0. The number of amides is 2. The number of nitrogens with zero attached hydrogens (tertiary/aromatic N) is 1. The highest BCUT2D eigenvalue weighted by atomic mass is 32.2. The lowest BCUT2D eigenvalue weighted by Gasteiger charge is -2.16. The Balaban J connectivity index is 2.00. The zero-order valence-corrected chi connectivity index (χ0v) is 17.8. The molecule has 0 heterocycles. The van der Waals surface area contributed by atoms with Crippen LogP contribution in [0.25, 0.3) is 0 Å². The molecular weight excluding hydrogens is 410 g/mol. The molecule has 0 bridgehead atoms. The number of hydrazine groups is 1. The molecule has 160 valence electrons. The van der Waals surface area contributed by atoms with Crippen molar-refractivity contribution in [2.75, 3.05) is 14.1 Å². The van der Waals surface area contributed by atoms with E-state index in [1.165, 1.54) is 58.3 Å². The second-order valence-electron chi connectivity index (χ2n) is 6.60. The minimum Gasteiger partial charge on any atom is -0.481 e. The van der Waals surface area contributed by atoms with Crippen molar-refractivity contribution in [3.8, 4) is 5.75 Å².